The van der Waals surface area contributed by atoms with Crippen LogP contribution < -0.4 is 5.32 Å². The van der Waals surface area contributed by atoms with E-state index >= 15 is 0 Å². The Morgan fingerprint density at radius 2 is 1.61 bits per heavy atom. The van der Waals surface area contributed by atoms with Crippen molar-refractivity contribution in [3.63, 3.8) is 0 Å². The Hall–Kier alpha value is -2.62. The maximum atomic E-state index is 11.9. The minimum atomic E-state index is -0.436. The van der Waals surface area contributed by atoms with Gasteiger partial charge in [0, 0.05) is 6.42 Å². The molecule has 0 unspecified atom stereocenters. The summed E-state index contributed by atoms with van der Waals surface area (Å²) >= 11 is 0. The molecule has 1 N–H and O–H groups in total. The fraction of sp³-hybridized carbons (Fsp3) is 0.263. The summed E-state index contributed by atoms with van der Waals surface area (Å²) in [5.41, 5.74) is 2.03. The Kier molecular flexibility index (Phi) is 6.36. The lowest BCUT2D eigenvalue weighted by Gasteiger charge is -2.12. The SMILES string of the molecule is C[C@H](CC(=O)NCC(=O)OCc1ccccc1)c1ccccc1. The Morgan fingerprint density at radius 3 is 2.26 bits per heavy atom. The zero-order valence-electron chi connectivity index (χ0n) is 13.2. The molecule has 0 saturated heterocycles. The summed E-state index contributed by atoms with van der Waals surface area (Å²) in [6.45, 7) is 2.10. The fourth-order valence-corrected chi connectivity index (χ4v) is 2.21. The van der Waals surface area contributed by atoms with Crippen LogP contribution in [-0.4, -0.2) is 18.4 Å². The number of benzene rings is 2. The summed E-state index contributed by atoms with van der Waals surface area (Å²) in [7, 11) is 0. The number of rotatable bonds is 7. The van der Waals surface area contributed by atoms with Gasteiger partial charge < -0.3 is 10.1 Å². The van der Waals surface area contributed by atoms with Gasteiger partial charge in [-0.25, -0.2) is 0 Å². The maximum Gasteiger partial charge on any atom is 0.325 e. The van der Waals surface area contributed by atoms with E-state index in [1.165, 1.54) is 0 Å². The lowest BCUT2D eigenvalue weighted by molar-refractivity contribution is -0.145. The molecule has 1 amide bonds. The topological polar surface area (TPSA) is 55.4 Å². The quantitative estimate of drug-likeness (QED) is 0.800. The molecular weight excluding hydrogens is 290 g/mol. The second-order valence-electron chi connectivity index (χ2n) is 5.44. The summed E-state index contributed by atoms with van der Waals surface area (Å²) in [5, 5.41) is 2.61. The highest BCUT2D eigenvalue weighted by Gasteiger charge is 2.12. The van der Waals surface area contributed by atoms with Gasteiger partial charge in [-0.2, -0.15) is 0 Å². The Bertz CT molecular complexity index is 626. The van der Waals surface area contributed by atoms with Crippen molar-refractivity contribution in [1.29, 1.82) is 0 Å². The first-order valence-electron chi connectivity index (χ1n) is 7.66. The van der Waals surface area contributed by atoms with Crippen molar-refractivity contribution >= 4 is 11.9 Å². The molecule has 0 bridgehead atoms. The van der Waals surface area contributed by atoms with Crippen LogP contribution in [0.2, 0.25) is 0 Å². The van der Waals surface area contributed by atoms with E-state index in [1.807, 2.05) is 67.6 Å². The van der Waals surface area contributed by atoms with Crippen LogP contribution in [0.5, 0.6) is 0 Å². The van der Waals surface area contributed by atoms with Gasteiger partial charge in [-0.3, -0.25) is 9.59 Å². The zero-order chi connectivity index (χ0) is 16.5. The van der Waals surface area contributed by atoms with Crippen LogP contribution in [0, 0.1) is 0 Å². The van der Waals surface area contributed by atoms with Crippen molar-refractivity contribution in [2.45, 2.75) is 25.9 Å². The smallest absolute Gasteiger partial charge is 0.325 e. The van der Waals surface area contributed by atoms with Crippen molar-refractivity contribution in [2.75, 3.05) is 6.54 Å². The molecule has 0 heterocycles. The summed E-state index contributed by atoms with van der Waals surface area (Å²) in [6, 6.07) is 19.3. The van der Waals surface area contributed by atoms with E-state index in [-0.39, 0.29) is 25.0 Å². The average molecular weight is 311 g/mol. The highest BCUT2D eigenvalue weighted by atomic mass is 16.5. The molecule has 0 aliphatic rings. The summed E-state index contributed by atoms with van der Waals surface area (Å²) in [6.07, 6.45) is 0.343. The van der Waals surface area contributed by atoms with Gasteiger partial charge in [-0.05, 0) is 17.0 Å². The third-order valence-corrected chi connectivity index (χ3v) is 3.53. The van der Waals surface area contributed by atoms with E-state index in [0.29, 0.717) is 6.42 Å². The molecule has 0 radical (unpaired) electrons. The minimum absolute atomic E-state index is 0.104. The van der Waals surface area contributed by atoms with Gasteiger partial charge in [0.05, 0.1) is 0 Å². The van der Waals surface area contributed by atoms with Crippen LogP contribution in [0.25, 0.3) is 0 Å². The monoisotopic (exact) mass is 311 g/mol. The van der Waals surface area contributed by atoms with Crippen LogP contribution in [-0.2, 0) is 20.9 Å². The van der Waals surface area contributed by atoms with Crippen molar-refractivity contribution in [1.82, 2.24) is 5.32 Å². The van der Waals surface area contributed by atoms with Crippen LogP contribution in [0.3, 0.4) is 0 Å². The van der Waals surface area contributed by atoms with Gasteiger partial charge in [0.2, 0.25) is 5.91 Å². The Morgan fingerprint density at radius 1 is 1.00 bits per heavy atom. The van der Waals surface area contributed by atoms with Crippen LogP contribution >= 0.6 is 0 Å². The lowest BCUT2D eigenvalue weighted by Crippen LogP contribution is -2.31. The van der Waals surface area contributed by atoms with Gasteiger partial charge in [0.25, 0.3) is 0 Å². The van der Waals surface area contributed by atoms with Gasteiger partial charge in [-0.1, -0.05) is 67.6 Å². The number of carbonyl (C=O) groups excluding carboxylic acids is 2. The molecule has 4 nitrogen and oxygen atoms in total. The molecule has 0 aromatic heterocycles. The number of hydrogen-bond donors (Lipinski definition) is 1. The van der Waals surface area contributed by atoms with E-state index < -0.39 is 5.97 Å². The number of esters is 1. The third kappa shape index (κ3) is 5.94. The summed E-state index contributed by atoms with van der Waals surface area (Å²) < 4.78 is 5.11. The largest absolute Gasteiger partial charge is 0.460 e. The number of hydrogen-bond acceptors (Lipinski definition) is 3. The molecule has 0 spiro atoms. The number of amides is 1. The van der Waals surface area contributed by atoms with E-state index in [1.54, 1.807) is 0 Å². The normalized spacial score (nSPS) is 11.5. The molecule has 120 valence electrons. The summed E-state index contributed by atoms with van der Waals surface area (Å²) in [4.78, 5) is 23.5. The fourth-order valence-electron chi connectivity index (χ4n) is 2.21. The Labute approximate surface area is 136 Å². The van der Waals surface area contributed by atoms with Gasteiger partial charge >= 0.3 is 5.97 Å². The lowest BCUT2D eigenvalue weighted by atomic mass is 9.98. The van der Waals surface area contributed by atoms with Gasteiger partial charge in [0.15, 0.2) is 0 Å². The maximum absolute atomic E-state index is 11.9. The van der Waals surface area contributed by atoms with E-state index in [2.05, 4.69) is 5.32 Å². The first kappa shape index (κ1) is 16.7. The van der Waals surface area contributed by atoms with Gasteiger partial charge in [0.1, 0.15) is 13.2 Å². The molecule has 0 aliphatic carbocycles. The second-order valence-corrected chi connectivity index (χ2v) is 5.44. The molecule has 0 fully saturated rings. The number of ether oxygens (including phenoxy) is 1. The van der Waals surface area contributed by atoms with E-state index in [9.17, 15) is 9.59 Å². The molecule has 0 aliphatic heterocycles. The highest BCUT2D eigenvalue weighted by molar-refractivity contribution is 5.82. The summed E-state index contributed by atoms with van der Waals surface area (Å²) in [5.74, 6) is -0.482. The highest BCUT2D eigenvalue weighted by Crippen LogP contribution is 2.17. The van der Waals surface area contributed by atoms with Crippen molar-refractivity contribution < 1.29 is 14.3 Å². The predicted octanol–water partition coefficient (Wildman–Crippen LogP) is 3.04. The van der Waals surface area contributed by atoms with Crippen molar-refractivity contribution in [3.8, 4) is 0 Å². The second kappa shape index (κ2) is 8.73. The molecule has 2 aromatic rings. The van der Waals surface area contributed by atoms with Gasteiger partial charge in [-0.15, -0.1) is 0 Å². The molecule has 4 heteroatoms. The van der Waals surface area contributed by atoms with Crippen LogP contribution in [0.1, 0.15) is 30.4 Å². The molecule has 0 saturated carbocycles. The number of carbonyl (C=O) groups is 2. The Balaban J connectivity index is 1.68. The van der Waals surface area contributed by atoms with E-state index in [0.717, 1.165) is 11.1 Å². The van der Waals surface area contributed by atoms with Crippen LogP contribution in [0.15, 0.2) is 60.7 Å². The first-order chi connectivity index (χ1) is 11.1. The minimum Gasteiger partial charge on any atom is -0.460 e. The molecule has 23 heavy (non-hydrogen) atoms. The number of nitrogens with one attached hydrogen (secondary N) is 1. The molecule has 2 aromatic carbocycles. The molecule has 2 rings (SSSR count). The molecular formula is C19H21NO3. The van der Waals surface area contributed by atoms with Crippen molar-refractivity contribution in [2.24, 2.45) is 0 Å². The average Bonchev–Trinajstić information content (AvgIpc) is 2.60. The standard InChI is InChI=1S/C19H21NO3/c1-15(17-10-6-3-7-11-17)12-18(21)20-13-19(22)23-14-16-8-4-2-5-9-16/h2-11,15H,12-14H2,1H3,(H,20,21)/t15-/m1/s1. The zero-order valence-corrected chi connectivity index (χ0v) is 13.2. The van der Waals surface area contributed by atoms with E-state index in [4.69, 9.17) is 4.74 Å². The predicted molar refractivity (Wildman–Crippen MR) is 88.7 cm³/mol. The molecule has 1 atom stereocenters. The first-order valence-corrected chi connectivity index (χ1v) is 7.66. The van der Waals surface area contributed by atoms with Crippen LogP contribution in [0.4, 0.5) is 0 Å². The third-order valence-electron chi connectivity index (χ3n) is 3.53. The van der Waals surface area contributed by atoms with Crippen molar-refractivity contribution in [3.05, 3.63) is 71.8 Å².